The van der Waals surface area contributed by atoms with Crippen LogP contribution in [0.4, 0.5) is 0 Å². The van der Waals surface area contributed by atoms with Crippen LogP contribution >= 0.6 is 0 Å². The lowest BCUT2D eigenvalue weighted by Gasteiger charge is -2.14. The first kappa shape index (κ1) is 16.0. The van der Waals surface area contributed by atoms with Gasteiger partial charge >= 0.3 is 0 Å². The van der Waals surface area contributed by atoms with Gasteiger partial charge in [0.1, 0.15) is 24.2 Å². The lowest BCUT2D eigenvalue weighted by atomic mass is 10.1. The Morgan fingerprint density at radius 2 is 1.86 bits per heavy atom. The zero-order valence-corrected chi connectivity index (χ0v) is 13.0. The first-order valence-corrected chi connectivity index (χ1v) is 7.07. The summed E-state index contributed by atoms with van der Waals surface area (Å²) in [5.41, 5.74) is 2.40. The first-order chi connectivity index (χ1) is 10.5. The quantitative estimate of drug-likeness (QED) is 0.832. The van der Waals surface area contributed by atoms with E-state index in [1.807, 2.05) is 31.2 Å². The van der Waals surface area contributed by atoms with Crippen molar-refractivity contribution in [3.63, 3.8) is 0 Å². The Morgan fingerprint density at radius 3 is 2.45 bits per heavy atom. The highest BCUT2D eigenvalue weighted by molar-refractivity contribution is 5.97. The molecule has 0 radical (unpaired) electrons. The molecule has 0 amide bonds. The molecule has 4 nitrogen and oxygen atoms in total. The second-order valence-electron chi connectivity index (χ2n) is 5.16. The summed E-state index contributed by atoms with van der Waals surface area (Å²) in [5, 5.41) is 10.1. The molecule has 2 aromatic rings. The lowest BCUT2D eigenvalue weighted by molar-refractivity contribution is 0.101. The van der Waals surface area contributed by atoms with Crippen molar-refractivity contribution in [1.82, 2.24) is 0 Å². The average molecular weight is 300 g/mol. The maximum Gasteiger partial charge on any atom is 0.163 e. The van der Waals surface area contributed by atoms with Crippen molar-refractivity contribution in [3.05, 3.63) is 59.2 Å². The second-order valence-corrected chi connectivity index (χ2v) is 5.16. The number of hydrogen-bond acceptors (Lipinski definition) is 4. The van der Waals surface area contributed by atoms with Gasteiger partial charge in [-0.2, -0.15) is 0 Å². The summed E-state index contributed by atoms with van der Waals surface area (Å²) in [6.45, 7) is 3.59. The minimum absolute atomic E-state index is 0.0959. The number of ketones is 1. The van der Waals surface area contributed by atoms with E-state index in [-0.39, 0.29) is 12.4 Å². The van der Waals surface area contributed by atoms with Gasteiger partial charge in [0.15, 0.2) is 5.78 Å². The molecule has 0 aromatic heterocycles. The van der Waals surface area contributed by atoms with Crippen LogP contribution in [0.3, 0.4) is 0 Å². The zero-order chi connectivity index (χ0) is 16.1. The van der Waals surface area contributed by atoms with Gasteiger partial charge < -0.3 is 14.6 Å². The second kappa shape index (κ2) is 7.09. The van der Waals surface area contributed by atoms with Crippen molar-refractivity contribution in [3.8, 4) is 11.5 Å². The van der Waals surface area contributed by atoms with Crippen molar-refractivity contribution in [2.45, 2.75) is 20.0 Å². The molecule has 0 saturated carbocycles. The monoisotopic (exact) mass is 300 g/mol. The highest BCUT2D eigenvalue weighted by Gasteiger charge is 2.12. The van der Waals surface area contributed by atoms with Gasteiger partial charge in [-0.3, -0.25) is 4.79 Å². The minimum atomic E-state index is -0.719. The Labute approximate surface area is 130 Å². The summed E-state index contributed by atoms with van der Waals surface area (Å²) < 4.78 is 10.7. The van der Waals surface area contributed by atoms with E-state index in [9.17, 15) is 9.90 Å². The SMILES string of the molecule is COc1ccc(OCC(O)c2ccc(C)cc2)cc1C(C)=O. The highest BCUT2D eigenvalue weighted by Crippen LogP contribution is 2.25. The molecule has 2 aromatic carbocycles. The zero-order valence-electron chi connectivity index (χ0n) is 13.0. The number of aliphatic hydroxyl groups is 1. The fraction of sp³-hybridized carbons (Fsp3) is 0.278. The molecule has 1 atom stereocenters. The summed E-state index contributed by atoms with van der Waals surface area (Å²) in [7, 11) is 1.52. The number of carbonyl (C=O) groups excluding carboxylic acids is 1. The lowest BCUT2D eigenvalue weighted by Crippen LogP contribution is -2.10. The van der Waals surface area contributed by atoms with E-state index >= 15 is 0 Å². The molecular formula is C18H20O4. The van der Waals surface area contributed by atoms with Crippen molar-refractivity contribution in [2.75, 3.05) is 13.7 Å². The van der Waals surface area contributed by atoms with Crippen LogP contribution in [0, 0.1) is 6.92 Å². The van der Waals surface area contributed by atoms with Crippen LogP contribution in [0.5, 0.6) is 11.5 Å². The van der Waals surface area contributed by atoms with Crippen molar-refractivity contribution < 1.29 is 19.4 Å². The fourth-order valence-corrected chi connectivity index (χ4v) is 2.11. The van der Waals surface area contributed by atoms with Gasteiger partial charge in [-0.25, -0.2) is 0 Å². The third-order valence-electron chi connectivity index (χ3n) is 3.42. The largest absolute Gasteiger partial charge is 0.496 e. The smallest absolute Gasteiger partial charge is 0.163 e. The van der Waals surface area contributed by atoms with E-state index in [1.54, 1.807) is 18.2 Å². The maximum absolute atomic E-state index is 11.6. The number of aryl methyl sites for hydroxylation is 1. The van der Waals surface area contributed by atoms with E-state index in [0.29, 0.717) is 17.1 Å². The van der Waals surface area contributed by atoms with Gasteiger partial charge in [-0.1, -0.05) is 29.8 Å². The van der Waals surface area contributed by atoms with E-state index in [4.69, 9.17) is 9.47 Å². The van der Waals surface area contributed by atoms with E-state index in [0.717, 1.165) is 11.1 Å². The van der Waals surface area contributed by atoms with E-state index in [1.165, 1.54) is 14.0 Å². The molecule has 0 bridgehead atoms. The van der Waals surface area contributed by atoms with Gasteiger partial charge in [-0.05, 0) is 37.6 Å². The molecule has 0 aliphatic heterocycles. The van der Waals surface area contributed by atoms with Crippen molar-refractivity contribution in [2.24, 2.45) is 0 Å². The van der Waals surface area contributed by atoms with Crippen molar-refractivity contribution in [1.29, 1.82) is 0 Å². The Kier molecular flexibility index (Phi) is 5.17. The van der Waals surface area contributed by atoms with Crippen LogP contribution in [0.15, 0.2) is 42.5 Å². The topological polar surface area (TPSA) is 55.8 Å². The number of benzene rings is 2. The predicted molar refractivity (Wildman–Crippen MR) is 84.6 cm³/mol. The minimum Gasteiger partial charge on any atom is -0.496 e. The Hall–Kier alpha value is -2.33. The molecule has 0 heterocycles. The maximum atomic E-state index is 11.6. The molecule has 0 aliphatic carbocycles. The predicted octanol–water partition coefficient (Wildman–Crippen LogP) is 3.32. The Balaban J connectivity index is 2.06. The number of ether oxygens (including phenoxy) is 2. The molecule has 0 fully saturated rings. The molecule has 0 saturated heterocycles. The summed E-state index contributed by atoms with van der Waals surface area (Å²) in [6, 6.07) is 12.7. The molecule has 1 unspecified atom stereocenters. The average Bonchev–Trinajstić information content (AvgIpc) is 2.53. The van der Waals surface area contributed by atoms with Crippen LogP contribution in [0.25, 0.3) is 0 Å². The molecule has 2 rings (SSSR count). The summed E-state index contributed by atoms with van der Waals surface area (Å²) in [4.78, 5) is 11.6. The molecule has 0 spiro atoms. The first-order valence-electron chi connectivity index (χ1n) is 7.07. The van der Waals surface area contributed by atoms with Crippen LogP contribution < -0.4 is 9.47 Å². The number of methoxy groups -OCH3 is 1. The van der Waals surface area contributed by atoms with Gasteiger partial charge in [0, 0.05) is 0 Å². The number of hydrogen-bond donors (Lipinski definition) is 1. The summed E-state index contributed by atoms with van der Waals surface area (Å²) in [5.74, 6) is 0.942. The van der Waals surface area contributed by atoms with Crippen LogP contribution in [0.2, 0.25) is 0 Å². The Morgan fingerprint density at radius 1 is 1.18 bits per heavy atom. The van der Waals surface area contributed by atoms with Gasteiger partial charge in [-0.15, -0.1) is 0 Å². The van der Waals surface area contributed by atoms with E-state index < -0.39 is 6.10 Å². The molecular weight excluding hydrogens is 280 g/mol. The molecule has 116 valence electrons. The third kappa shape index (κ3) is 3.86. The van der Waals surface area contributed by atoms with Crippen LogP contribution in [-0.2, 0) is 0 Å². The molecule has 1 N–H and O–H groups in total. The van der Waals surface area contributed by atoms with Crippen LogP contribution in [0.1, 0.15) is 34.5 Å². The number of rotatable bonds is 6. The summed E-state index contributed by atoms with van der Waals surface area (Å²) >= 11 is 0. The molecule has 22 heavy (non-hydrogen) atoms. The molecule has 4 heteroatoms. The highest BCUT2D eigenvalue weighted by atomic mass is 16.5. The normalized spacial score (nSPS) is 11.8. The van der Waals surface area contributed by atoms with Gasteiger partial charge in [0.25, 0.3) is 0 Å². The number of Topliss-reactive ketones (excluding diaryl/α,β-unsaturated/α-hetero) is 1. The van der Waals surface area contributed by atoms with E-state index in [2.05, 4.69) is 0 Å². The van der Waals surface area contributed by atoms with Crippen LogP contribution in [-0.4, -0.2) is 24.6 Å². The third-order valence-corrected chi connectivity index (χ3v) is 3.42. The Bertz CT molecular complexity index is 647. The van der Waals surface area contributed by atoms with Gasteiger partial charge in [0.2, 0.25) is 0 Å². The van der Waals surface area contributed by atoms with Crippen molar-refractivity contribution >= 4 is 5.78 Å². The molecule has 0 aliphatic rings. The van der Waals surface area contributed by atoms with Gasteiger partial charge in [0.05, 0.1) is 12.7 Å². The standard InChI is InChI=1S/C18H20O4/c1-12-4-6-14(7-5-12)17(20)11-22-15-8-9-18(21-3)16(10-15)13(2)19/h4-10,17,20H,11H2,1-3H3. The number of aliphatic hydroxyl groups excluding tert-OH is 1. The number of carbonyl (C=O) groups is 1. The fourth-order valence-electron chi connectivity index (χ4n) is 2.11. The summed E-state index contributed by atoms with van der Waals surface area (Å²) in [6.07, 6.45) is -0.719.